The molecule has 3 rings (SSSR count). The van der Waals surface area contributed by atoms with E-state index in [4.69, 9.17) is 0 Å². The number of nitrogens with zero attached hydrogens (tertiary/aromatic N) is 3. The second-order valence-electron chi connectivity index (χ2n) is 5.66. The normalized spacial score (nSPS) is 12.0. The largest absolute Gasteiger partial charge is 0.240 e. The second-order valence-corrected chi connectivity index (χ2v) is 7.42. The lowest BCUT2D eigenvalue weighted by atomic mass is 10.2. The van der Waals surface area contributed by atoms with E-state index in [0.717, 1.165) is 29.0 Å². The topological polar surface area (TPSA) is 76.4 Å². The maximum absolute atomic E-state index is 13.2. The smallest absolute Gasteiger partial charge is 0.237 e. The van der Waals surface area contributed by atoms with E-state index < -0.39 is 26.6 Å². The van der Waals surface area contributed by atoms with Crippen molar-refractivity contribution in [1.82, 2.24) is 19.3 Å². The lowest BCUT2D eigenvalue weighted by Gasteiger charge is -2.07. The number of sulfonamides is 1. The van der Waals surface area contributed by atoms with E-state index in [1.54, 1.807) is 10.7 Å². The first-order chi connectivity index (χ1) is 11.8. The zero-order chi connectivity index (χ0) is 18.0. The Labute approximate surface area is 143 Å². The molecule has 2 aromatic heterocycles. The number of nitrogens with one attached hydrogen (secondary N) is 1. The summed E-state index contributed by atoms with van der Waals surface area (Å²) in [6.45, 7) is 2.01. The summed E-state index contributed by atoms with van der Waals surface area (Å²) < 4.78 is 54.4. The molecule has 0 saturated heterocycles. The minimum absolute atomic E-state index is 0.136. The van der Waals surface area contributed by atoms with Gasteiger partial charge in [-0.15, -0.1) is 0 Å². The van der Waals surface area contributed by atoms with E-state index in [0.29, 0.717) is 18.9 Å². The number of benzene rings is 1. The van der Waals surface area contributed by atoms with Crippen LogP contribution >= 0.6 is 0 Å². The van der Waals surface area contributed by atoms with Gasteiger partial charge in [-0.2, -0.15) is 5.10 Å². The summed E-state index contributed by atoms with van der Waals surface area (Å²) in [5.74, 6) is -1.87. The molecule has 1 aromatic carbocycles. The summed E-state index contributed by atoms with van der Waals surface area (Å²) in [6.07, 6.45) is 4.64. The summed E-state index contributed by atoms with van der Waals surface area (Å²) >= 11 is 0. The van der Waals surface area contributed by atoms with Gasteiger partial charge < -0.3 is 0 Å². The van der Waals surface area contributed by atoms with Gasteiger partial charge >= 0.3 is 0 Å². The summed E-state index contributed by atoms with van der Waals surface area (Å²) in [5, 5.41) is 4.27. The minimum Gasteiger partial charge on any atom is -0.237 e. The van der Waals surface area contributed by atoms with E-state index in [2.05, 4.69) is 14.8 Å². The molecule has 0 atom stereocenters. The lowest BCUT2D eigenvalue weighted by molar-refractivity contribution is 0.560. The van der Waals surface area contributed by atoms with E-state index in [1.807, 2.05) is 19.2 Å². The molecular formula is C16H16F2N4O2S. The molecule has 6 nitrogen and oxygen atoms in total. The van der Waals surface area contributed by atoms with Crippen LogP contribution in [0.3, 0.4) is 0 Å². The van der Waals surface area contributed by atoms with Crippen molar-refractivity contribution in [3.63, 3.8) is 0 Å². The van der Waals surface area contributed by atoms with E-state index in [1.165, 1.54) is 0 Å². The number of hydrogen-bond acceptors (Lipinski definition) is 4. The molecule has 0 radical (unpaired) electrons. The van der Waals surface area contributed by atoms with Gasteiger partial charge in [0.05, 0.1) is 10.6 Å². The molecule has 0 aliphatic heterocycles. The molecule has 0 fully saturated rings. The van der Waals surface area contributed by atoms with Crippen LogP contribution in [-0.2, 0) is 16.4 Å². The molecule has 0 aliphatic rings. The van der Waals surface area contributed by atoms with Crippen LogP contribution in [0.4, 0.5) is 8.78 Å². The number of hydrogen-bond donors (Lipinski definition) is 1. The van der Waals surface area contributed by atoms with E-state index in [-0.39, 0.29) is 6.54 Å². The number of halogens is 2. The van der Waals surface area contributed by atoms with Gasteiger partial charge in [0.15, 0.2) is 5.65 Å². The molecule has 0 unspecified atom stereocenters. The molecule has 9 heteroatoms. The standard InChI is InChI=1S/C16H16F2N4O2S/c1-11-5-16-19-9-12(10-22(16)21-11)3-2-4-20-25(23,24)15-7-13(17)6-14(18)8-15/h5-10,20H,2-4H2,1H3. The predicted molar refractivity (Wildman–Crippen MR) is 87.6 cm³/mol. The number of fused-ring (bicyclic) bond motifs is 1. The molecule has 0 saturated carbocycles. The Hall–Kier alpha value is -2.39. The summed E-state index contributed by atoms with van der Waals surface area (Å²) in [4.78, 5) is 3.84. The van der Waals surface area contributed by atoms with E-state index in [9.17, 15) is 17.2 Å². The number of aromatic nitrogens is 3. The third-order valence-corrected chi connectivity index (χ3v) is 5.01. The van der Waals surface area contributed by atoms with Crippen LogP contribution in [0.2, 0.25) is 0 Å². The van der Waals surface area contributed by atoms with Crippen LogP contribution in [0.15, 0.2) is 41.6 Å². The predicted octanol–water partition coefficient (Wildman–Crippen LogP) is 2.23. The van der Waals surface area contributed by atoms with Crippen molar-refractivity contribution in [2.24, 2.45) is 0 Å². The quantitative estimate of drug-likeness (QED) is 0.679. The second kappa shape index (κ2) is 6.85. The van der Waals surface area contributed by atoms with Crippen molar-refractivity contribution >= 4 is 15.7 Å². The fourth-order valence-corrected chi connectivity index (χ4v) is 3.54. The Morgan fingerprint density at radius 3 is 2.60 bits per heavy atom. The van der Waals surface area contributed by atoms with Gasteiger partial charge in [0.25, 0.3) is 0 Å². The molecule has 0 amide bonds. The van der Waals surface area contributed by atoms with Crippen LogP contribution in [0, 0.1) is 18.6 Å². The highest BCUT2D eigenvalue weighted by molar-refractivity contribution is 7.89. The first-order valence-corrected chi connectivity index (χ1v) is 9.08. The van der Waals surface area contributed by atoms with Crippen LogP contribution in [0.25, 0.3) is 5.65 Å². The van der Waals surface area contributed by atoms with Crippen molar-refractivity contribution in [2.75, 3.05) is 6.54 Å². The van der Waals surface area contributed by atoms with Gasteiger partial charge in [-0.3, -0.25) is 0 Å². The molecule has 25 heavy (non-hydrogen) atoms. The van der Waals surface area contributed by atoms with Gasteiger partial charge in [0.2, 0.25) is 10.0 Å². The van der Waals surface area contributed by atoms with Crippen molar-refractivity contribution in [1.29, 1.82) is 0 Å². The molecular weight excluding hydrogens is 350 g/mol. The molecule has 0 aliphatic carbocycles. The van der Waals surface area contributed by atoms with Crippen molar-refractivity contribution in [2.45, 2.75) is 24.7 Å². The van der Waals surface area contributed by atoms with Gasteiger partial charge in [0.1, 0.15) is 11.6 Å². The van der Waals surface area contributed by atoms with Gasteiger partial charge in [-0.25, -0.2) is 31.4 Å². The first-order valence-electron chi connectivity index (χ1n) is 7.60. The average molecular weight is 366 g/mol. The Balaban J connectivity index is 1.59. The Kier molecular flexibility index (Phi) is 4.78. The average Bonchev–Trinajstić information content (AvgIpc) is 2.90. The summed E-state index contributed by atoms with van der Waals surface area (Å²) in [7, 11) is -3.95. The van der Waals surface area contributed by atoms with Crippen LogP contribution < -0.4 is 4.72 Å². The third-order valence-electron chi connectivity index (χ3n) is 3.57. The molecule has 0 spiro atoms. The summed E-state index contributed by atoms with van der Waals surface area (Å²) in [6, 6.07) is 4.04. The summed E-state index contributed by atoms with van der Waals surface area (Å²) in [5.41, 5.74) is 2.52. The number of rotatable bonds is 6. The van der Waals surface area contributed by atoms with Crippen LogP contribution in [0.5, 0.6) is 0 Å². The SMILES string of the molecule is Cc1cc2ncc(CCCNS(=O)(=O)c3cc(F)cc(F)c3)cn2n1. The molecule has 132 valence electrons. The highest BCUT2D eigenvalue weighted by Gasteiger charge is 2.15. The van der Waals surface area contributed by atoms with Crippen LogP contribution in [0.1, 0.15) is 17.7 Å². The van der Waals surface area contributed by atoms with Gasteiger partial charge in [-0.1, -0.05) is 0 Å². The van der Waals surface area contributed by atoms with Crippen LogP contribution in [-0.4, -0.2) is 29.6 Å². The number of aryl methyl sites for hydroxylation is 2. The maximum Gasteiger partial charge on any atom is 0.240 e. The third kappa shape index (κ3) is 4.18. The molecule has 0 bridgehead atoms. The lowest BCUT2D eigenvalue weighted by Crippen LogP contribution is -2.25. The zero-order valence-electron chi connectivity index (χ0n) is 13.4. The molecule has 3 aromatic rings. The Morgan fingerprint density at radius 2 is 1.88 bits per heavy atom. The van der Waals surface area contributed by atoms with E-state index >= 15 is 0 Å². The highest BCUT2D eigenvalue weighted by Crippen LogP contribution is 2.13. The molecule has 1 N–H and O–H groups in total. The Bertz CT molecular complexity index is 998. The zero-order valence-corrected chi connectivity index (χ0v) is 14.2. The maximum atomic E-state index is 13.2. The fourth-order valence-electron chi connectivity index (χ4n) is 2.43. The first kappa shape index (κ1) is 17.4. The van der Waals surface area contributed by atoms with Crippen molar-refractivity contribution in [3.05, 3.63) is 59.6 Å². The van der Waals surface area contributed by atoms with Crippen molar-refractivity contribution < 1.29 is 17.2 Å². The van der Waals surface area contributed by atoms with Gasteiger partial charge in [-0.05, 0) is 37.5 Å². The fraction of sp³-hybridized carbons (Fsp3) is 0.250. The van der Waals surface area contributed by atoms with Crippen molar-refractivity contribution in [3.8, 4) is 0 Å². The molecule has 2 heterocycles. The highest BCUT2D eigenvalue weighted by atomic mass is 32.2. The van der Waals surface area contributed by atoms with Gasteiger partial charge in [0, 0.05) is 31.1 Å². The monoisotopic (exact) mass is 366 g/mol. The minimum atomic E-state index is -3.95. The Morgan fingerprint density at radius 1 is 1.16 bits per heavy atom.